The van der Waals surface area contributed by atoms with E-state index in [0.29, 0.717) is 52.3 Å². The second-order valence-corrected chi connectivity index (χ2v) is 17.2. The third kappa shape index (κ3) is 8.45. The van der Waals surface area contributed by atoms with Crippen molar-refractivity contribution in [3.05, 3.63) is 63.8 Å². The highest BCUT2D eigenvalue weighted by Gasteiger charge is 2.35. The minimum absolute atomic E-state index is 0.0564. The number of nitrogens with one attached hydrogen (secondary N) is 3. The van der Waals surface area contributed by atoms with Crippen molar-refractivity contribution in [2.75, 3.05) is 61.5 Å². The number of imide groups is 1. The van der Waals surface area contributed by atoms with Crippen LogP contribution in [0.25, 0.3) is 21.9 Å². The lowest BCUT2D eigenvalue weighted by atomic mass is 9.92. The normalized spacial score (nSPS) is 20.4. The van der Waals surface area contributed by atoms with E-state index in [4.69, 9.17) is 26.4 Å². The van der Waals surface area contributed by atoms with Crippen LogP contribution >= 0.6 is 11.6 Å². The zero-order valence-corrected chi connectivity index (χ0v) is 36.2. The molecule has 61 heavy (non-hydrogen) atoms. The van der Waals surface area contributed by atoms with Gasteiger partial charge in [-0.25, -0.2) is 9.97 Å². The van der Waals surface area contributed by atoms with E-state index in [2.05, 4.69) is 60.5 Å². The van der Waals surface area contributed by atoms with E-state index in [1.807, 2.05) is 43.8 Å². The van der Waals surface area contributed by atoms with Gasteiger partial charge >= 0.3 is 0 Å². The first-order chi connectivity index (χ1) is 29.3. The van der Waals surface area contributed by atoms with E-state index >= 15 is 0 Å². The lowest BCUT2D eigenvalue weighted by Crippen LogP contribution is -2.58. The molecule has 0 aliphatic carbocycles. The molecule has 5 aromatic rings. The Balaban J connectivity index is 0.913. The van der Waals surface area contributed by atoms with Crippen LogP contribution in [0.2, 0.25) is 5.02 Å². The molecule has 0 radical (unpaired) electrons. The van der Waals surface area contributed by atoms with Gasteiger partial charge in [-0.3, -0.25) is 38.6 Å². The molecule has 7 heterocycles. The van der Waals surface area contributed by atoms with Crippen molar-refractivity contribution in [3.8, 4) is 5.75 Å². The smallest absolute Gasteiger partial charge is 0.294 e. The van der Waals surface area contributed by atoms with Crippen molar-refractivity contribution < 1.29 is 19.1 Å². The number of rotatable bonds is 11. The number of piperazine rings is 1. The van der Waals surface area contributed by atoms with Crippen LogP contribution in [0.5, 0.6) is 5.75 Å². The Kier molecular flexibility index (Phi) is 11.9. The van der Waals surface area contributed by atoms with Gasteiger partial charge in [0.1, 0.15) is 10.7 Å². The monoisotopic (exact) mass is 852 g/mol. The number of nitrogens with zero attached hydrogens (tertiary/aromatic N) is 9. The van der Waals surface area contributed by atoms with E-state index < -0.39 is 5.92 Å². The van der Waals surface area contributed by atoms with E-state index in [1.165, 1.54) is 7.05 Å². The number of amides is 3. The van der Waals surface area contributed by atoms with Crippen molar-refractivity contribution >= 4 is 74.4 Å². The van der Waals surface area contributed by atoms with Gasteiger partial charge in [0.25, 0.3) is 11.5 Å². The van der Waals surface area contributed by atoms with Crippen molar-refractivity contribution in [2.24, 2.45) is 13.0 Å². The summed E-state index contributed by atoms with van der Waals surface area (Å²) < 4.78 is 9.05. The lowest BCUT2D eigenvalue weighted by Gasteiger charge is -2.46. The molecule has 3 N–H and O–H groups in total. The first-order valence-electron chi connectivity index (χ1n) is 21.0. The van der Waals surface area contributed by atoms with Gasteiger partial charge in [0.15, 0.2) is 18.2 Å². The number of fused-ring (bicyclic) bond motifs is 2. The molecule has 3 fully saturated rings. The summed E-state index contributed by atoms with van der Waals surface area (Å²) in [4.78, 5) is 71.1. The van der Waals surface area contributed by atoms with Crippen molar-refractivity contribution in [2.45, 2.75) is 77.4 Å². The summed E-state index contributed by atoms with van der Waals surface area (Å²) in [5.74, 6) is 0.350. The SMILES string of the molecule is CNC(=O)COc1cc2cc(Nc3nc(N4CC(C)N(CC5CCN(c6cccc7c(C8CCC(=O)NC8=O)nn(C)c67)CC5)CC4C)ncc3Cl)cnc2n(C(C)C)c1=O. The average Bonchev–Trinajstić information content (AvgIpc) is 3.57. The number of carbonyl (C=O) groups excluding carboxylic acids is 3. The Morgan fingerprint density at radius 3 is 2.56 bits per heavy atom. The van der Waals surface area contributed by atoms with Crippen LogP contribution in [0.3, 0.4) is 0 Å². The van der Waals surface area contributed by atoms with E-state index in [-0.39, 0.29) is 53.8 Å². The fourth-order valence-electron chi connectivity index (χ4n) is 9.02. The number of pyridine rings is 2. The van der Waals surface area contributed by atoms with Gasteiger partial charge < -0.3 is 25.2 Å². The van der Waals surface area contributed by atoms with Crippen molar-refractivity contribution in [1.82, 2.24) is 44.8 Å². The highest BCUT2D eigenvalue weighted by Crippen LogP contribution is 2.37. The number of aromatic nitrogens is 6. The zero-order valence-electron chi connectivity index (χ0n) is 35.4. The molecule has 0 spiro atoms. The zero-order chi connectivity index (χ0) is 43.1. The van der Waals surface area contributed by atoms with Gasteiger partial charge in [0, 0.05) is 82.1 Å². The molecular weight excluding hydrogens is 800 g/mol. The van der Waals surface area contributed by atoms with Crippen LogP contribution in [0, 0.1) is 5.92 Å². The fourth-order valence-corrected chi connectivity index (χ4v) is 9.16. The number of hydrogen-bond acceptors (Lipinski definition) is 13. The van der Waals surface area contributed by atoms with Gasteiger partial charge in [-0.05, 0) is 71.1 Å². The number of hydrogen-bond donors (Lipinski definition) is 3. The molecule has 3 saturated heterocycles. The topological polar surface area (TPSA) is 185 Å². The van der Waals surface area contributed by atoms with Gasteiger partial charge in [-0.1, -0.05) is 23.7 Å². The Labute approximate surface area is 358 Å². The minimum atomic E-state index is -0.432. The van der Waals surface area contributed by atoms with Crippen LogP contribution in [0.15, 0.2) is 47.5 Å². The number of benzene rings is 1. The van der Waals surface area contributed by atoms with Gasteiger partial charge in [0.05, 0.1) is 40.9 Å². The number of aryl methyl sites for hydroxylation is 1. The molecule has 18 heteroatoms. The van der Waals surface area contributed by atoms with Crippen LogP contribution in [-0.4, -0.2) is 110 Å². The second kappa shape index (κ2) is 17.3. The summed E-state index contributed by atoms with van der Waals surface area (Å²) >= 11 is 6.66. The minimum Gasteiger partial charge on any atom is -0.478 e. The lowest BCUT2D eigenvalue weighted by molar-refractivity contribution is -0.134. The molecule has 3 unspecified atom stereocenters. The molecular formula is C43H53ClN12O5. The summed E-state index contributed by atoms with van der Waals surface area (Å²) in [6, 6.07) is 9.88. The summed E-state index contributed by atoms with van der Waals surface area (Å²) in [6.45, 7) is 12.4. The van der Waals surface area contributed by atoms with Crippen LogP contribution < -0.4 is 36.0 Å². The average molecular weight is 853 g/mol. The number of ether oxygens (including phenoxy) is 1. The third-order valence-corrected chi connectivity index (χ3v) is 12.5. The largest absolute Gasteiger partial charge is 0.478 e. The summed E-state index contributed by atoms with van der Waals surface area (Å²) in [7, 11) is 3.44. The maximum atomic E-state index is 13.3. The molecule has 3 atom stereocenters. The standard InChI is InChI=1S/C43H53ClN12O5/c1-24(2)56-40-28(17-34(42(56)60)61-23-36(58)45-5)16-29(18-46-40)48-39-32(44)19-47-43(50-39)55-21-25(3)54(20-26(55)4)22-27-12-14-53(15-13-27)33-9-7-8-30-37(51-52(6)38(30)33)31-10-11-35(57)49-41(31)59/h7-9,16-19,24-27,31H,10-15,20-23H2,1-6H3,(H,45,58)(H,47,48,50)(H,49,57,59). The molecule has 3 aliphatic rings. The number of para-hydroxylation sites is 1. The Bertz CT molecular complexity index is 2550. The second-order valence-electron chi connectivity index (χ2n) is 16.8. The first-order valence-corrected chi connectivity index (χ1v) is 21.4. The summed E-state index contributed by atoms with van der Waals surface area (Å²) in [5, 5.41) is 15.1. The Morgan fingerprint density at radius 1 is 1.03 bits per heavy atom. The van der Waals surface area contributed by atoms with Gasteiger partial charge in [-0.2, -0.15) is 10.1 Å². The molecule has 3 amide bonds. The Hall–Kier alpha value is -5.81. The van der Waals surface area contributed by atoms with Crippen LogP contribution in [0.1, 0.15) is 71.0 Å². The van der Waals surface area contributed by atoms with E-state index in [1.54, 1.807) is 23.0 Å². The quantitative estimate of drug-likeness (QED) is 0.158. The van der Waals surface area contributed by atoms with Gasteiger partial charge in [-0.15, -0.1) is 0 Å². The molecule has 322 valence electrons. The van der Waals surface area contributed by atoms with Crippen LogP contribution in [-0.2, 0) is 21.4 Å². The highest BCUT2D eigenvalue weighted by molar-refractivity contribution is 6.33. The molecule has 17 nitrogen and oxygen atoms in total. The number of halogens is 1. The van der Waals surface area contributed by atoms with Gasteiger partial charge in [0.2, 0.25) is 17.8 Å². The molecule has 8 rings (SSSR count). The summed E-state index contributed by atoms with van der Waals surface area (Å²) in [5.41, 5.74) is 3.62. The fraction of sp³-hybridized carbons (Fsp3) is 0.488. The highest BCUT2D eigenvalue weighted by atomic mass is 35.5. The molecule has 4 aromatic heterocycles. The number of anilines is 4. The number of piperidine rings is 2. The summed E-state index contributed by atoms with van der Waals surface area (Å²) in [6.07, 6.45) is 6.17. The predicted octanol–water partition coefficient (Wildman–Crippen LogP) is 4.51. The number of carbonyl (C=O) groups is 3. The third-order valence-electron chi connectivity index (χ3n) is 12.2. The first kappa shape index (κ1) is 41.9. The van der Waals surface area contributed by atoms with Crippen molar-refractivity contribution in [3.63, 3.8) is 0 Å². The van der Waals surface area contributed by atoms with Crippen molar-refractivity contribution in [1.29, 1.82) is 0 Å². The predicted molar refractivity (Wildman–Crippen MR) is 235 cm³/mol. The number of likely N-dealkylation sites (N-methyl/N-ethyl adjacent to an activating group) is 1. The molecule has 0 saturated carbocycles. The maximum Gasteiger partial charge on any atom is 0.294 e. The maximum absolute atomic E-state index is 13.3. The van der Waals surface area contributed by atoms with Crippen LogP contribution in [0.4, 0.5) is 23.1 Å². The molecule has 0 bridgehead atoms. The van der Waals surface area contributed by atoms with E-state index in [0.717, 1.165) is 67.8 Å². The molecule has 3 aliphatic heterocycles. The Morgan fingerprint density at radius 2 is 1.82 bits per heavy atom. The molecule has 1 aromatic carbocycles. The van der Waals surface area contributed by atoms with E-state index in [9.17, 15) is 19.2 Å².